The number of hydrogen-bond donors (Lipinski definition) is 0. The van der Waals surface area contributed by atoms with Crippen LogP contribution in [-0.2, 0) is 24.2 Å². The van der Waals surface area contributed by atoms with E-state index in [0.29, 0.717) is 6.10 Å². The molecule has 0 aliphatic carbocycles. The Morgan fingerprint density at radius 2 is 2.13 bits per heavy atom. The van der Waals surface area contributed by atoms with Crippen LogP contribution in [0.25, 0.3) is 0 Å². The minimum atomic E-state index is 0.359. The Hall–Kier alpha value is -1.65. The summed E-state index contributed by atoms with van der Waals surface area (Å²) in [6, 6.07) is 10.7. The van der Waals surface area contributed by atoms with Crippen molar-refractivity contribution >= 4 is 0 Å². The summed E-state index contributed by atoms with van der Waals surface area (Å²) in [5.74, 6) is 1.16. The highest BCUT2D eigenvalue weighted by Crippen LogP contribution is 2.15. The molecule has 0 saturated carbocycles. The summed E-state index contributed by atoms with van der Waals surface area (Å²) in [5.41, 5.74) is 1.42. The number of aryl methyl sites for hydroxylation is 2. The van der Waals surface area contributed by atoms with E-state index in [1.165, 1.54) is 12.0 Å². The van der Waals surface area contributed by atoms with Crippen LogP contribution in [0.3, 0.4) is 0 Å². The minimum Gasteiger partial charge on any atom is -0.376 e. The number of imidazole rings is 1. The third-order valence-electron chi connectivity index (χ3n) is 4.56. The van der Waals surface area contributed by atoms with Gasteiger partial charge in [-0.2, -0.15) is 0 Å². The quantitative estimate of drug-likeness (QED) is 0.787. The van der Waals surface area contributed by atoms with Gasteiger partial charge in [-0.05, 0) is 31.7 Å². The Morgan fingerprint density at radius 1 is 1.26 bits per heavy atom. The van der Waals surface area contributed by atoms with Crippen LogP contribution in [0.2, 0.25) is 0 Å². The summed E-state index contributed by atoms with van der Waals surface area (Å²) in [6.45, 7) is 6.94. The first kappa shape index (κ1) is 16.2. The van der Waals surface area contributed by atoms with Crippen LogP contribution in [-0.4, -0.2) is 40.3 Å². The van der Waals surface area contributed by atoms with Crippen molar-refractivity contribution < 1.29 is 4.74 Å². The predicted molar refractivity (Wildman–Crippen MR) is 92.3 cm³/mol. The number of hydrogen-bond acceptors (Lipinski definition) is 3. The van der Waals surface area contributed by atoms with Gasteiger partial charge in [0, 0.05) is 32.0 Å². The van der Waals surface area contributed by atoms with Gasteiger partial charge < -0.3 is 9.30 Å². The van der Waals surface area contributed by atoms with E-state index in [1.807, 2.05) is 6.20 Å². The Balaban J connectivity index is 1.44. The second-order valence-corrected chi connectivity index (χ2v) is 6.24. The highest BCUT2D eigenvalue weighted by Gasteiger charge is 2.21. The Bertz CT molecular complexity index is 581. The fourth-order valence-electron chi connectivity index (χ4n) is 3.26. The molecule has 1 atom stereocenters. The normalized spacial score (nSPS) is 19.1. The molecule has 0 N–H and O–H groups in total. The average Bonchev–Trinajstić information content (AvgIpc) is 3.03. The van der Waals surface area contributed by atoms with Crippen LogP contribution in [0, 0.1) is 0 Å². The molecule has 0 spiro atoms. The van der Waals surface area contributed by atoms with Gasteiger partial charge in [-0.25, -0.2) is 4.98 Å². The molecule has 2 heterocycles. The van der Waals surface area contributed by atoms with Gasteiger partial charge in [-0.3, -0.25) is 4.90 Å². The van der Waals surface area contributed by atoms with Crippen molar-refractivity contribution in [3.8, 4) is 0 Å². The van der Waals surface area contributed by atoms with Crippen molar-refractivity contribution in [1.29, 1.82) is 0 Å². The molecule has 0 bridgehead atoms. The first-order chi connectivity index (χ1) is 11.3. The van der Waals surface area contributed by atoms with Crippen molar-refractivity contribution in [2.24, 2.45) is 0 Å². The molecular formula is C19H27N3O. The van der Waals surface area contributed by atoms with Crippen LogP contribution in [0.5, 0.6) is 0 Å². The summed E-state index contributed by atoms with van der Waals surface area (Å²) in [5, 5.41) is 0. The molecular weight excluding hydrogens is 286 g/mol. The molecule has 4 nitrogen and oxygen atoms in total. The van der Waals surface area contributed by atoms with Crippen molar-refractivity contribution in [3.05, 3.63) is 54.1 Å². The van der Waals surface area contributed by atoms with E-state index in [-0.39, 0.29) is 0 Å². The fraction of sp³-hybridized carbons (Fsp3) is 0.526. The molecule has 1 aromatic carbocycles. The Kier molecular flexibility index (Phi) is 5.83. The Morgan fingerprint density at radius 3 is 2.96 bits per heavy atom. The fourth-order valence-corrected chi connectivity index (χ4v) is 3.26. The van der Waals surface area contributed by atoms with E-state index in [2.05, 4.69) is 57.9 Å². The Labute approximate surface area is 139 Å². The second kappa shape index (κ2) is 8.27. The lowest BCUT2D eigenvalue weighted by Gasteiger charge is -2.32. The van der Waals surface area contributed by atoms with E-state index in [9.17, 15) is 0 Å². The summed E-state index contributed by atoms with van der Waals surface area (Å²) >= 11 is 0. The van der Waals surface area contributed by atoms with Gasteiger partial charge in [-0.1, -0.05) is 30.3 Å². The van der Waals surface area contributed by atoms with Gasteiger partial charge in [-0.15, -0.1) is 0 Å². The zero-order valence-corrected chi connectivity index (χ0v) is 14.0. The average molecular weight is 313 g/mol. The standard InChI is InChI=1S/C19H27N3O/c1-2-22-12-11-20-19(22)16-21-13-14-23-18(15-21)10-6-9-17-7-4-3-5-8-17/h3-5,7-8,11-12,18H,2,6,9-10,13-16H2,1H3. The van der Waals surface area contributed by atoms with Crippen LogP contribution >= 0.6 is 0 Å². The van der Waals surface area contributed by atoms with Crippen LogP contribution in [0.1, 0.15) is 31.2 Å². The first-order valence-corrected chi connectivity index (χ1v) is 8.73. The van der Waals surface area contributed by atoms with Gasteiger partial charge >= 0.3 is 0 Å². The maximum atomic E-state index is 5.95. The minimum absolute atomic E-state index is 0.359. The van der Waals surface area contributed by atoms with Gasteiger partial charge in [0.2, 0.25) is 0 Å². The lowest BCUT2D eigenvalue weighted by molar-refractivity contribution is -0.0364. The predicted octanol–water partition coefficient (Wildman–Crippen LogP) is 3.13. The van der Waals surface area contributed by atoms with Crippen molar-refractivity contribution in [3.63, 3.8) is 0 Å². The van der Waals surface area contributed by atoms with E-state index in [4.69, 9.17) is 4.74 Å². The lowest BCUT2D eigenvalue weighted by atomic mass is 10.1. The molecule has 1 saturated heterocycles. The van der Waals surface area contributed by atoms with Crippen LogP contribution in [0.4, 0.5) is 0 Å². The number of ether oxygens (including phenoxy) is 1. The van der Waals surface area contributed by atoms with Crippen molar-refractivity contribution in [1.82, 2.24) is 14.5 Å². The molecule has 3 rings (SSSR count). The smallest absolute Gasteiger partial charge is 0.122 e. The number of rotatable bonds is 7. The molecule has 0 radical (unpaired) electrons. The number of nitrogens with zero attached hydrogens (tertiary/aromatic N) is 3. The van der Waals surface area contributed by atoms with Crippen LogP contribution in [0.15, 0.2) is 42.7 Å². The number of benzene rings is 1. The van der Waals surface area contributed by atoms with Gasteiger partial charge in [0.25, 0.3) is 0 Å². The highest BCUT2D eigenvalue weighted by molar-refractivity contribution is 5.14. The molecule has 124 valence electrons. The van der Waals surface area contributed by atoms with E-state index in [1.54, 1.807) is 0 Å². The monoisotopic (exact) mass is 313 g/mol. The molecule has 2 aromatic rings. The van der Waals surface area contributed by atoms with Gasteiger partial charge in [0.1, 0.15) is 5.82 Å². The van der Waals surface area contributed by atoms with Crippen molar-refractivity contribution in [2.45, 2.75) is 45.4 Å². The zero-order chi connectivity index (χ0) is 15.9. The maximum Gasteiger partial charge on any atom is 0.122 e. The largest absolute Gasteiger partial charge is 0.376 e. The lowest BCUT2D eigenvalue weighted by Crippen LogP contribution is -2.42. The third-order valence-corrected chi connectivity index (χ3v) is 4.56. The molecule has 23 heavy (non-hydrogen) atoms. The molecule has 1 aliphatic heterocycles. The second-order valence-electron chi connectivity index (χ2n) is 6.24. The maximum absolute atomic E-state index is 5.95. The topological polar surface area (TPSA) is 30.3 Å². The summed E-state index contributed by atoms with van der Waals surface area (Å²) < 4.78 is 8.18. The van der Waals surface area contributed by atoms with Crippen molar-refractivity contribution in [2.75, 3.05) is 19.7 Å². The molecule has 1 aliphatic rings. The summed E-state index contributed by atoms with van der Waals surface area (Å²) in [4.78, 5) is 6.97. The number of morpholine rings is 1. The molecule has 0 amide bonds. The third kappa shape index (κ3) is 4.66. The highest BCUT2D eigenvalue weighted by atomic mass is 16.5. The van der Waals surface area contributed by atoms with Crippen LogP contribution < -0.4 is 0 Å². The SMILES string of the molecule is CCn1ccnc1CN1CCOC(CCCc2ccccc2)C1. The molecule has 4 heteroatoms. The van der Waals surface area contributed by atoms with E-state index in [0.717, 1.165) is 51.5 Å². The summed E-state index contributed by atoms with van der Waals surface area (Å²) in [6.07, 6.45) is 7.78. The molecule has 1 aromatic heterocycles. The van der Waals surface area contributed by atoms with E-state index >= 15 is 0 Å². The van der Waals surface area contributed by atoms with E-state index < -0.39 is 0 Å². The van der Waals surface area contributed by atoms with Gasteiger partial charge in [0.05, 0.1) is 19.3 Å². The zero-order valence-electron chi connectivity index (χ0n) is 14.0. The first-order valence-electron chi connectivity index (χ1n) is 8.73. The summed E-state index contributed by atoms with van der Waals surface area (Å²) in [7, 11) is 0. The molecule has 1 fully saturated rings. The molecule has 1 unspecified atom stereocenters. The van der Waals surface area contributed by atoms with Gasteiger partial charge in [0.15, 0.2) is 0 Å². The number of aromatic nitrogens is 2.